The maximum atomic E-state index is 12.3. The van der Waals surface area contributed by atoms with Crippen LogP contribution >= 0.6 is 0 Å². The van der Waals surface area contributed by atoms with Gasteiger partial charge in [0, 0.05) is 19.2 Å². The lowest BCUT2D eigenvalue weighted by Crippen LogP contribution is -2.52. The number of aryl methyl sites for hydroxylation is 1. The first-order valence-electron chi connectivity index (χ1n) is 6.41. The summed E-state index contributed by atoms with van der Waals surface area (Å²) in [7, 11) is -2.52. The molecule has 114 valence electrons. The van der Waals surface area contributed by atoms with Gasteiger partial charge in [-0.05, 0) is 31.0 Å². The first-order chi connectivity index (χ1) is 9.72. The van der Waals surface area contributed by atoms with Crippen LogP contribution in [-0.4, -0.2) is 38.2 Å². The summed E-state index contributed by atoms with van der Waals surface area (Å²) >= 11 is 0. The van der Waals surface area contributed by atoms with Crippen molar-refractivity contribution in [3.05, 3.63) is 23.8 Å². The zero-order chi connectivity index (χ0) is 15.8. The summed E-state index contributed by atoms with van der Waals surface area (Å²) in [6.45, 7) is 1.77. The number of carbonyl (C=O) groups excluding carboxylic acids is 2. The van der Waals surface area contributed by atoms with Gasteiger partial charge in [-0.2, -0.15) is 4.72 Å². The second-order valence-electron chi connectivity index (χ2n) is 5.02. The fourth-order valence-electron chi connectivity index (χ4n) is 2.07. The van der Waals surface area contributed by atoms with Crippen molar-refractivity contribution in [2.45, 2.75) is 30.7 Å². The number of nitrogens with zero attached hydrogens (tertiary/aromatic N) is 1. The van der Waals surface area contributed by atoms with E-state index in [1.165, 1.54) is 19.2 Å². The molecule has 0 radical (unpaired) electrons. The topological polar surface area (TPSA) is 110 Å². The van der Waals surface area contributed by atoms with Crippen LogP contribution in [0.3, 0.4) is 0 Å². The van der Waals surface area contributed by atoms with E-state index in [0.29, 0.717) is 5.69 Å². The van der Waals surface area contributed by atoms with Gasteiger partial charge < -0.3 is 5.73 Å². The number of benzene rings is 1. The van der Waals surface area contributed by atoms with Crippen molar-refractivity contribution in [3.8, 4) is 0 Å². The monoisotopic (exact) mass is 311 g/mol. The second-order valence-corrected chi connectivity index (χ2v) is 6.74. The highest BCUT2D eigenvalue weighted by Gasteiger charge is 2.34. The Morgan fingerprint density at radius 2 is 2.00 bits per heavy atom. The van der Waals surface area contributed by atoms with Gasteiger partial charge in [-0.3, -0.25) is 14.5 Å². The summed E-state index contributed by atoms with van der Waals surface area (Å²) < 4.78 is 26.9. The van der Waals surface area contributed by atoms with E-state index < -0.39 is 22.0 Å². The van der Waals surface area contributed by atoms with Crippen molar-refractivity contribution in [3.63, 3.8) is 0 Å². The number of carbonyl (C=O) groups is 2. The van der Waals surface area contributed by atoms with Crippen LogP contribution in [0.2, 0.25) is 0 Å². The molecule has 1 aromatic rings. The smallest absolute Gasteiger partial charge is 0.247 e. The van der Waals surface area contributed by atoms with Crippen molar-refractivity contribution in [1.29, 1.82) is 0 Å². The molecule has 3 N–H and O–H groups in total. The third-order valence-corrected chi connectivity index (χ3v) is 4.98. The van der Waals surface area contributed by atoms with Gasteiger partial charge in [-0.1, -0.05) is 6.07 Å². The van der Waals surface area contributed by atoms with Gasteiger partial charge in [0.15, 0.2) is 0 Å². The van der Waals surface area contributed by atoms with Crippen LogP contribution in [-0.2, 0) is 19.6 Å². The summed E-state index contributed by atoms with van der Waals surface area (Å²) in [4.78, 5) is 24.2. The van der Waals surface area contributed by atoms with Crippen molar-refractivity contribution < 1.29 is 18.0 Å². The predicted octanol–water partition coefficient (Wildman–Crippen LogP) is 0.00292. The first-order valence-corrected chi connectivity index (χ1v) is 7.89. The molecule has 1 heterocycles. The van der Waals surface area contributed by atoms with E-state index in [1.54, 1.807) is 13.0 Å². The zero-order valence-electron chi connectivity index (χ0n) is 11.8. The lowest BCUT2D eigenvalue weighted by atomic mass is 10.1. The van der Waals surface area contributed by atoms with Gasteiger partial charge >= 0.3 is 0 Å². The quantitative estimate of drug-likeness (QED) is 0.603. The number of nitrogens with one attached hydrogen (secondary N) is 1. The number of likely N-dealkylation sites (N-methyl/N-ethyl adjacent to an activating group) is 1. The van der Waals surface area contributed by atoms with E-state index in [0.717, 1.165) is 10.5 Å². The number of likely N-dealkylation sites (tertiary alicyclic amines) is 1. The molecule has 1 unspecified atom stereocenters. The van der Waals surface area contributed by atoms with E-state index in [2.05, 4.69) is 4.72 Å². The fraction of sp³-hybridized carbons (Fsp3) is 0.385. The maximum absolute atomic E-state index is 12.3. The van der Waals surface area contributed by atoms with E-state index in [9.17, 15) is 18.0 Å². The minimum absolute atomic E-state index is 0.00190. The highest BCUT2D eigenvalue weighted by Crippen LogP contribution is 2.19. The lowest BCUT2D eigenvalue weighted by Gasteiger charge is -2.28. The average molecular weight is 311 g/mol. The summed E-state index contributed by atoms with van der Waals surface area (Å²) in [5.74, 6) is -0.857. The molecular formula is C13H17N3O4S. The van der Waals surface area contributed by atoms with E-state index in [-0.39, 0.29) is 23.6 Å². The number of hydrogen-bond donors (Lipinski definition) is 2. The number of anilines is 1. The lowest BCUT2D eigenvalue weighted by molar-refractivity contribution is -0.147. The van der Waals surface area contributed by atoms with Gasteiger partial charge in [-0.15, -0.1) is 0 Å². The largest absolute Gasteiger partial charge is 0.398 e. The number of piperidine rings is 1. The Hall–Kier alpha value is -1.93. The molecule has 7 nitrogen and oxygen atoms in total. The molecule has 0 aromatic heterocycles. The van der Waals surface area contributed by atoms with Crippen LogP contribution in [0.15, 0.2) is 23.1 Å². The standard InChI is InChI=1S/C13H17N3O4S/c1-8-3-4-9(7-10(8)14)21(19,20)15-11-5-6-12(17)16(2)13(11)18/h3-4,7,11,15H,5-6,14H2,1-2H3. The summed E-state index contributed by atoms with van der Waals surface area (Å²) in [6, 6.07) is 3.44. The van der Waals surface area contributed by atoms with Crippen molar-refractivity contribution in [2.24, 2.45) is 0 Å². The molecule has 1 fully saturated rings. The van der Waals surface area contributed by atoms with Gasteiger partial charge in [0.1, 0.15) is 6.04 Å². The van der Waals surface area contributed by atoms with Crippen LogP contribution in [0.5, 0.6) is 0 Å². The Bertz CT molecular complexity index is 699. The van der Waals surface area contributed by atoms with Gasteiger partial charge in [0.05, 0.1) is 4.90 Å². The molecule has 0 aliphatic carbocycles. The fourth-order valence-corrected chi connectivity index (χ4v) is 3.32. The van der Waals surface area contributed by atoms with Crippen LogP contribution in [0, 0.1) is 6.92 Å². The molecule has 2 amide bonds. The number of rotatable bonds is 3. The minimum atomic E-state index is -3.86. The summed E-state index contributed by atoms with van der Waals surface area (Å²) in [6.07, 6.45) is 0.286. The number of amides is 2. The third-order valence-electron chi connectivity index (χ3n) is 3.51. The number of imide groups is 1. The normalized spacial score (nSPS) is 19.9. The molecule has 0 bridgehead atoms. The maximum Gasteiger partial charge on any atom is 0.247 e. The minimum Gasteiger partial charge on any atom is -0.398 e. The molecule has 0 spiro atoms. The van der Waals surface area contributed by atoms with Crippen molar-refractivity contribution in [1.82, 2.24) is 9.62 Å². The highest BCUT2D eigenvalue weighted by molar-refractivity contribution is 7.89. The van der Waals surface area contributed by atoms with E-state index in [4.69, 9.17) is 5.73 Å². The first kappa shape index (κ1) is 15.5. The number of nitrogens with two attached hydrogens (primary N) is 1. The Kier molecular flexibility index (Phi) is 4.02. The molecule has 8 heteroatoms. The molecule has 1 atom stereocenters. The van der Waals surface area contributed by atoms with Crippen LogP contribution < -0.4 is 10.5 Å². The summed E-state index contributed by atoms with van der Waals surface area (Å²) in [5, 5.41) is 0. The second kappa shape index (κ2) is 5.45. The molecule has 1 aliphatic heterocycles. The van der Waals surface area contributed by atoms with Gasteiger partial charge in [-0.25, -0.2) is 8.42 Å². The van der Waals surface area contributed by atoms with Crippen molar-refractivity contribution in [2.75, 3.05) is 12.8 Å². The van der Waals surface area contributed by atoms with E-state index in [1.807, 2.05) is 0 Å². The van der Waals surface area contributed by atoms with Crippen LogP contribution in [0.4, 0.5) is 5.69 Å². The number of nitrogen functional groups attached to an aromatic ring is 1. The Morgan fingerprint density at radius 3 is 2.62 bits per heavy atom. The Labute approximate surface area is 123 Å². The summed E-state index contributed by atoms with van der Waals surface area (Å²) in [5.41, 5.74) is 6.84. The Balaban J connectivity index is 2.23. The predicted molar refractivity (Wildman–Crippen MR) is 76.7 cm³/mol. The molecular weight excluding hydrogens is 294 g/mol. The SMILES string of the molecule is Cc1ccc(S(=O)(=O)NC2CCC(=O)N(C)C2=O)cc1N. The molecule has 1 aromatic carbocycles. The van der Waals surface area contributed by atoms with Crippen molar-refractivity contribution >= 4 is 27.5 Å². The van der Waals surface area contributed by atoms with Gasteiger partial charge in [0.2, 0.25) is 21.8 Å². The van der Waals surface area contributed by atoms with Crippen LogP contribution in [0.1, 0.15) is 18.4 Å². The number of sulfonamides is 1. The molecule has 2 rings (SSSR count). The molecule has 1 saturated heterocycles. The van der Waals surface area contributed by atoms with E-state index >= 15 is 0 Å². The van der Waals surface area contributed by atoms with Crippen LogP contribution in [0.25, 0.3) is 0 Å². The molecule has 21 heavy (non-hydrogen) atoms. The van der Waals surface area contributed by atoms with Gasteiger partial charge in [0.25, 0.3) is 0 Å². The molecule has 0 saturated carbocycles. The third kappa shape index (κ3) is 3.06. The molecule has 1 aliphatic rings. The zero-order valence-corrected chi connectivity index (χ0v) is 12.6. The Morgan fingerprint density at radius 1 is 1.33 bits per heavy atom. The highest BCUT2D eigenvalue weighted by atomic mass is 32.2. The average Bonchev–Trinajstić information content (AvgIpc) is 2.42. The number of hydrogen-bond acceptors (Lipinski definition) is 5.